The van der Waals surface area contributed by atoms with Crippen LogP contribution in [-0.4, -0.2) is 15.0 Å². The summed E-state index contributed by atoms with van der Waals surface area (Å²) < 4.78 is 6.19. The summed E-state index contributed by atoms with van der Waals surface area (Å²) in [6.07, 6.45) is 3.73. The molecule has 4 nitrogen and oxygen atoms in total. The van der Waals surface area contributed by atoms with E-state index in [1.807, 2.05) is 97.2 Å². The largest absolute Gasteiger partial charge is 0.457 e. The summed E-state index contributed by atoms with van der Waals surface area (Å²) in [5.41, 5.74) is 10.8. The predicted molar refractivity (Wildman–Crippen MR) is 174 cm³/mol. The summed E-state index contributed by atoms with van der Waals surface area (Å²) in [6, 6.07) is 44.8. The molecule has 0 saturated heterocycles. The van der Waals surface area contributed by atoms with Crippen LogP contribution in [0.2, 0.25) is 0 Å². The van der Waals surface area contributed by atoms with Gasteiger partial charge in [-0.1, -0.05) is 92.2 Å². The Morgan fingerprint density at radius 3 is 2.07 bits per heavy atom. The molecule has 219 valence electrons. The molecule has 0 spiro atoms. The second-order valence-corrected chi connectivity index (χ2v) is 10.6. The molecule has 3 aromatic heterocycles. The van der Waals surface area contributed by atoms with Crippen LogP contribution in [0, 0.1) is 19.1 Å². The van der Waals surface area contributed by atoms with Gasteiger partial charge in [-0.15, -0.1) is 47.5 Å². The van der Waals surface area contributed by atoms with Crippen LogP contribution < -0.4 is 0 Å². The fourth-order valence-electron chi connectivity index (χ4n) is 5.02. The zero-order chi connectivity index (χ0) is 29.6. The minimum atomic E-state index is 0. The van der Waals surface area contributed by atoms with Crippen molar-refractivity contribution in [2.45, 2.75) is 26.7 Å². The molecule has 0 bridgehead atoms. The maximum atomic E-state index is 6.19. The van der Waals surface area contributed by atoms with E-state index in [0.29, 0.717) is 17.4 Å². The maximum Gasteiger partial charge on any atom is 0.215 e. The molecule has 0 atom stereocenters. The van der Waals surface area contributed by atoms with Crippen LogP contribution in [-0.2, 0) is 20.1 Å². The average molecular weight is 750 g/mol. The van der Waals surface area contributed by atoms with Gasteiger partial charge in [0, 0.05) is 43.6 Å². The van der Waals surface area contributed by atoms with Crippen molar-refractivity contribution in [2.75, 3.05) is 0 Å². The molecule has 1 radical (unpaired) electrons. The van der Waals surface area contributed by atoms with E-state index >= 15 is 0 Å². The molecular formula is C39H31IrN3O-2. The van der Waals surface area contributed by atoms with Crippen LogP contribution in [0.3, 0.4) is 0 Å². The van der Waals surface area contributed by atoms with Crippen LogP contribution >= 0.6 is 0 Å². The first-order valence-electron chi connectivity index (χ1n) is 14.4. The third-order valence-corrected chi connectivity index (χ3v) is 7.22. The molecule has 0 amide bonds. The van der Waals surface area contributed by atoms with Crippen molar-refractivity contribution in [3.8, 4) is 45.1 Å². The minimum absolute atomic E-state index is 0. The van der Waals surface area contributed by atoms with E-state index < -0.39 is 0 Å². The van der Waals surface area contributed by atoms with Crippen LogP contribution in [0.25, 0.3) is 56.2 Å². The third kappa shape index (κ3) is 6.92. The van der Waals surface area contributed by atoms with Crippen molar-refractivity contribution in [1.29, 1.82) is 0 Å². The predicted octanol–water partition coefficient (Wildman–Crippen LogP) is 10.0. The van der Waals surface area contributed by atoms with E-state index in [4.69, 9.17) is 14.4 Å². The molecule has 0 aliphatic heterocycles. The molecule has 44 heavy (non-hydrogen) atoms. The number of pyridine rings is 2. The Labute approximate surface area is 272 Å². The zero-order valence-corrected chi connectivity index (χ0v) is 27.2. The molecule has 0 saturated carbocycles. The second-order valence-electron chi connectivity index (χ2n) is 10.6. The summed E-state index contributed by atoms with van der Waals surface area (Å²) in [5, 5.41) is 0. The van der Waals surface area contributed by atoms with Crippen molar-refractivity contribution in [3.63, 3.8) is 0 Å². The van der Waals surface area contributed by atoms with Crippen LogP contribution in [0.5, 0.6) is 0 Å². The van der Waals surface area contributed by atoms with Gasteiger partial charge in [-0.25, -0.2) is 0 Å². The Morgan fingerprint density at radius 2 is 1.41 bits per heavy atom. The minimum Gasteiger partial charge on any atom is -0.457 e. The smallest absolute Gasteiger partial charge is 0.215 e. The van der Waals surface area contributed by atoms with E-state index in [1.54, 1.807) is 6.20 Å². The molecule has 7 aromatic rings. The number of benzene rings is 4. The number of rotatable bonds is 5. The second kappa shape index (κ2) is 14.2. The van der Waals surface area contributed by atoms with Crippen molar-refractivity contribution >= 4 is 11.1 Å². The van der Waals surface area contributed by atoms with Gasteiger partial charge in [0.1, 0.15) is 0 Å². The molecule has 7 rings (SSSR count). The van der Waals surface area contributed by atoms with Gasteiger partial charge in [-0.05, 0) is 59.1 Å². The summed E-state index contributed by atoms with van der Waals surface area (Å²) in [6.45, 7) is 6.52. The SMILES string of the molecule is Cc1cnc(-c2[c-]c3oc(-c4ccccc4)nc3c(-c3ccccc3)c2)cc1C(C)C.[Ir].[c-]1ccccc1-c1ccccn1. The van der Waals surface area contributed by atoms with Crippen LogP contribution in [0.1, 0.15) is 30.9 Å². The number of aromatic nitrogens is 3. The van der Waals surface area contributed by atoms with Gasteiger partial charge in [-0.2, -0.15) is 0 Å². The first-order chi connectivity index (χ1) is 21.1. The number of hydrogen-bond donors (Lipinski definition) is 0. The van der Waals surface area contributed by atoms with Gasteiger partial charge in [0.2, 0.25) is 5.89 Å². The molecule has 0 aliphatic rings. The third-order valence-electron chi connectivity index (χ3n) is 7.22. The molecule has 0 N–H and O–H groups in total. The van der Waals surface area contributed by atoms with Gasteiger partial charge < -0.3 is 14.4 Å². The van der Waals surface area contributed by atoms with Crippen molar-refractivity contribution in [1.82, 2.24) is 15.0 Å². The van der Waals surface area contributed by atoms with E-state index in [1.165, 1.54) is 11.1 Å². The van der Waals surface area contributed by atoms with Crippen molar-refractivity contribution in [2.24, 2.45) is 0 Å². The molecular weight excluding hydrogens is 719 g/mol. The fourth-order valence-corrected chi connectivity index (χ4v) is 5.02. The zero-order valence-electron chi connectivity index (χ0n) is 24.8. The molecule has 3 heterocycles. The van der Waals surface area contributed by atoms with E-state index in [0.717, 1.165) is 44.7 Å². The quantitative estimate of drug-likeness (QED) is 0.165. The number of fused-ring (bicyclic) bond motifs is 1. The normalized spacial score (nSPS) is 10.6. The number of nitrogens with zero attached hydrogens (tertiary/aromatic N) is 3. The van der Waals surface area contributed by atoms with Gasteiger partial charge in [0.05, 0.1) is 5.58 Å². The fraction of sp³-hybridized carbons (Fsp3) is 0.103. The summed E-state index contributed by atoms with van der Waals surface area (Å²) in [4.78, 5) is 13.8. The Bertz CT molecular complexity index is 1900. The summed E-state index contributed by atoms with van der Waals surface area (Å²) in [7, 11) is 0. The van der Waals surface area contributed by atoms with Gasteiger partial charge >= 0.3 is 0 Å². The molecule has 0 unspecified atom stereocenters. The van der Waals surface area contributed by atoms with Crippen molar-refractivity contribution < 1.29 is 24.5 Å². The first kappa shape index (κ1) is 30.7. The number of hydrogen-bond acceptors (Lipinski definition) is 4. The first-order valence-corrected chi connectivity index (χ1v) is 14.4. The monoisotopic (exact) mass is 750 g/mol. The van der Waals surface area contributed by atoms with Gasteiger partial charge in [0.15, 0.2) is 0 Å². The van der Waals surface area contributed by atoms with E-state index in [2.05, 4.69) is 62.2 Å². The van der Waals surface area contributed by atoms with E-state index in [-0.39, 0.29) is 20.1 Å². The standard InChI is InChI=1S/C28H23N2O.C11H8N.Ir/c1-18(2)23-16-25(29-17-19(23)3)22-14-24(20-10-6-4-7-11-20)27-26(15-22)31-28(30-27)21-12-8-5-9-13-21;1-2-6-10(7-3-1)11-8-4-5-9-12-11;/h4-14,16-18H,1-3H3;1-6,8-9H;/q2*-1;. The summed E-state index contributed by atoms with van der Waals surface area (Å²) in [5.74, 6) is 1.02. The number of aryl methyl sites for hydroxylation is 1. The summed E-state index contributed by atoms with van der Waals surface area (Å²) >= 11 is 0. The van der Waals surface area contributed by atoms with Crippen molar-refractivity contribution in [3.05, 3.63) is 151 Å². The number of oxazole rings is 1. The van der Waals surface area contributed by atoms with Gasteiger partial charge in [-0.3, -0.25) is 4.98 Å². The van der Waals surface area contributed by atoms with Gasteiger partial charge in [0.25, 0.3) is 0 Å². The van der Waals surface area contributed by atoms with Crippen LogP contribution in [0.15, 0.2) is 132 Å². The molecule has 5 heteroatoms. The van der Waals surface area contributed by atoms with Crippen LogP contribution in [0.4, 0.5) is 0 Å². The Balaban J connectivity index is 0.000000248. The van der Waals surface area contributed by atoms with E-state index in [9.17, 15) is 0 Å². The Morgan fingerprint density at radius 1 is 0.705 bits per heavy atom. The maximum absolute atomic E-state index is 6.19. The Hall–Kier alpha value is -4.70. The average Bonchev–Trinajstić information content (AvgIpc) is 3.51. The molecule has 0 fully saturated rings. The molecule has 4 aromatic carbocycles. The Kier molecular flexibility index (Phi) is 9.91. The topological polar surface area (TPSA) is 51.8 Å². The molecule has 0 aliphatic carbocycles.